The van der Waals surface area contributed by atoms with Gasteiger partial charge in [0.25, 0.3) is 0 Å². The first-order valence-corrected chi connectivity index (χ1v) is 3.62. The van der Waals surface area contributed by atoms with Crippen LogP contribution in [0.4, 0.5) is 0 Å². The van der Waals surface area contributed by atoms with E-state index in [-0.39, 0.29) is 12.1 Å². The Labute approximate surface area is 64.0 Å². The smallest absolute Gasteiger partial charge is 0.0932 e. The van der Waals surface area contributed by atoms with Crippen LogP contribution in [0.2, 0.25) is 0 Å². The largest absolute Gasteiger partial charge is 0.390 e. The first-order valence-electron chi connectivity index (χ1n) is 3.62. The third-order valence-electron chi connectivity index (χ3n) is 1.93. The van der Waals surface area contributed by atoms with Crippen LogP contribution in [0.15, 0.2) is 12.4 Å². The molecule has 1 fully saturated rings. The van der Waals surface area contributed by atoms with Crippen molar-refractivity contribution >= 4 is 0 Å². The van der Waals surface area contributed by atoms with E-state index >= 15 is 0 Å². The summed E-state index contributed by atoms with van der Waals surface area (Å²) >= 11 is 0. The Kier molecular flexibility index (Phi) is 1.59. The highest BCUT2D eigenvalue weighted by Crippen LogP contribution is 2.12. The molecule has 1 aromatic rings. The maximum Gasteiger partial charge on any atom is 0.0932 e. The van der Waals surface area contributed by atoms with Crippen molar-refractivity contribution in [2.75, 3.05) is 13.1 Å². The molecule has 2 rings (SSSR count). The number of hydrogen-bond donors (Lipinski definition) is 2. The predicted molar refractivity (Wildman–Crippen MR) is 37.9 cm³/mol. The van der Waals surface area contributed by atoms with E-state index in [4.69, 9.17) is 0 Å². The number of aliphatic hydroxyl groups excluding tert-OH is 1. The second-order valence-corrected chi connectivity index (χ2v) is 2.68. The van der Waals surface area contributed by atoms with Crippen molar-refractivity contribution < 1.29 is 5.11 Å². The van der Waals surface area contributed by atoms with Gasteiger partial charge in [0, 0.05) is 19.3 Å². The Balaban J connectivity index is 2.16. The predicted octanol–water partition coefficient (Wildman–Crippen LogP) is -1.22. The number of β-amino-alcohol motifs (C(OH)–C–C–N with tert-alkyl or cyclic N) is 1. The minimum absolute atomic E-state index is 0.0532. The van der Waals surface area contributed by atoms with E-state index in [2.05, 4.69) is 15.6 Å². The van der Waals surface area contributed by atoms with Gasteiger partial charge in [0.2, 0.25) is 0 Å². The third kappa shape index (κ3) is 1.12. The molecule has 0 spiro atoms. The van der Waals surface area contributed by atoms with E-state index in [1.54, 1.807) is 17.1 Å². The number of aromatic nitrogens is 3. The van der Waals surface area contributed by atoms with Crippen LogP contribution >= 0.6 is 0 Å². The summed E-state index contributed by atoms with van der Waals surface area (Å²) in [7, 11) is 0. The summed E-state index contributed by atoms with van der Waals surface area (Å²) in [5.74, 6) is 0. The fourth-order valence-electron chi connectivity index (χ4n) is 1.32. The zero-order chi connectivity index (χ0) is 7.68. The molecule has 0 aromatic carbocycles. The summed E-state index contributed by atoms with van der Waals surface area (Å²) in [6, 6.07) is 0.0532. The Morgan fingerprint density at radius 3 is 3.00 bits per heavy atom. The van der Waals surface area contributed by atoms with Gasteiger partial charge in [0.05, 0.1) is 18.3 Å². The van der Waals surface area contributed by atoms with E-state index < -0.39 is 0 Å². The van der Waals surface area contributed by atoms with Gasteiger partial charge in [0.15, 0.2) is 0 Å². The lowest BCUT2D eigenvalue weighted by Crippen LogP contribution is -2.22. The molecule has 1 aliphatic rings. The van der Waals surface area contributed by atoms with Gasteiger partial charge in [-0.2, -0.15) is 0 Å². The quantitative estimate of drug-likeness (QED) is 0.532. The van der Waals surface area contributed by atoms with E-state index in [9.17, 15) is 5.11 Å². The molecule has 0 radical (unpaired) electrons. The van der Waals surface area contributed by atoms with E-state index in [0.29, 0.717) is 6.54 Å². The Morgan fingerprint density at radius 2 is 2.45 bits per heavy atom. The van der Waals surface area contributed by atoms with E-state index in [1.807, 2.05) is 0 Å². The molecule has 11 heavy (non-hydrogen) atoms. The highest BCUT2D eigenvalue weighted by molar-refractivity contribution is 4.85. The molecular weight excluding hydrogens is 144 g/mol. The number of nitrogens with zero attached hydrogens (tertiary/aromatic N) is 3. The van der Waals surface area contributed by atoms with Crippen LogP contribution in [0.3, 0.4) is 0 Å². The topological polar surface area (TPSA) is 63.0 Å². The normalized spacial score (nSPS) is 31.0. The Bertz CT molecular complexity index is 222. The number of hydrogen-bond acceptors (Lipinski definition) is 4. The monoisotopic (exact) mass is 154 g/mol. The molecule has 60 valence electrons. The second-order valence-electron chi connectivity index (χ2n) is 2.68. The zero-order valence-corrected chi connectivity index (χ0v) is 6.01. The van der Waals surface area contributed by atoms with E-state index in [1.165, 1.54) is 0 Å². The SMILES string of the molecule is O[C@H]1CNC[C@@H]1n1ccnn1. The van der Waals surface area contributed by atoms with Crippen molar-refractivity contribution in [3.8, 4) is 0 Å². The molecule has 2 N–H and O–H groups in total. The van der Waals surface area contributed by atoms with Gasteiger partial charge in [-0.05, 0) is 0 Å². The first-order chi connectivity index (χ1) is 5.38. The molecule has 0 saturated carbocycles. The minimum atomic E-state index is -0.336. The summed E-state index contributed by atoms with van der Waals surface area (Å²) in [5, 5.41) is 20.0. The summed E-state index contributed by atoms with van der Waals surface area (Å²) in [5.41, 5.74) is 0. The third-order valence-corrected chi connectivity index (χ3v) is 1.93. The summed E-state index contributed by atoms with van der Waals surface area (Å²) < 4.78 is 1.69. The lowest BCUT2D eigenvalue weighted by Gasteiger charge is -2.11. The molecule has 0 amide bonds. The second kappa shape index (κ2) is 2.60. The molecule has 2 atom stereocenters. The van der Waals surface area contributed by atoms with Crippen LogP contribution in [0.5, 0.6) is 0 Å². The van der Waals surface area contributed by atoms with Gasteiger partial charge in [-0.3, -0.25) is 0 Å². The molecular formula is C6H10N4O. The standard InChI is InChI=1S/C6H10N4O/c11-6-4-7-3-5(6)10-2-1-8-9-10/h1-2,5-7,11H,3-4H2/t5-,6-/m0/s1. The average molecular weight is 154 g/mol. The number of rotatable bonds is 1. The fourth-order valence-corrected chi connectivity index (χ4v) is 1.32. The van der Waals surface area contributed by atoms with Crippen molar-refractivity contribution in [1.82, 2.24) is 20.3 Å². The van der Waals surface area contributed by atoms with Crippen molar-refractivity contribution in [2.45, 2.75) is 12.1 Å². The van der Waals surface area contributed by atoms with Crippen molar-refractivity contribution in [1.29, 1.82) is 0 Å². The fraction of sp³-hybridized carbons (Fsp3) is 0.667. The summed E-state index contributed by atoms with van der Waals surface area (Å²) in [6.45, 7) is 1.41. The lowest BCUT2D eigenvalue weighted by molar-refractivity contribution is 0.143. The van der Waals surface area contributed by atoms with Gasteiger partial charge in [-0.1, -0.05) is 5.21 Å². The maximum atomic E-state index is 9.41. The molecule has 0 aliphatic carbocycles. The highest BCUT2D eigenvalue weighted by Gasteiger charge is 2.26. The van der Waals surface area contributed by atoms with Crippen LogP contribution < -0.4 is 5.32 Å². The molecule has 1 aliphatic heterocycles. The van der Waals surface area contributed by atoms with Crippen molar-refractivity contribution in [3.63, 3.8) is 0 Å². The van der Waals surface area contributed by atoms with Gasteiger partial charge in [0.1, 0.15) is 0 Å². The van der Waals surface area contributed by atoms with Gasteiger partial charge >= 0.3 is 0 Å². The van der Waals surface area contributed by atoms with Gasteiger partial charge in [-0.25, -0.2) is 4.68 Å². The summed E-state index contributed by atoms with van der Waals surface area (Å²) in [6.07, 6.45) is 3.04. The van der Waals surface area contributed by atoms with Gasteiger partial charge in [-0.15, -0.1) is 5.10 Å². The van der Waals surface area contributed by atoms with Crippen LogP contribution in [-0.4, -0.2) is 39.3 Å². The lowest BCUT2D eigenvalue weighted by atomic mass is 10.2. The van der Waals surface area contributed by atoms with Gasteiger partial charge < -0.3 is 10.4 Å². The van der Waals surface area contributed by atoms with Crippen molar-refractivity contribution in [2.24, 2.45) is 0 Å². The van der Waals surface area contributed by atoms with E-state index in [0.717, 1.165) is 6.54 Å². The average Bonchev–Trinajstić information content (AvgIpc) is 2.55. The molecule has 2 heterocycles. The molecule has 5 heteroatoms. The Hall–Kier alpha value is -0.940. The minimum Gasteiger partial charge on any atom is -0.390 e. The number of nitrogens with one attached hydrogen (secondary N) is 1. The molecule has 0 unspecified atom stereocenters. The van der Waals surface area contributed by atoms with Crippen molar-refractivity contribution in [3.05, 3.63) is 12.4 Å². The summed E-state index contributed by atoms with van der Waals surface area (Å²) in [4.78, 5) is 0. The van der Waals surface area contributed by atoms with Crippen LogP contribution in [0.25, 0.3) is 0 Å². The maximum absolute atomic E-state index is 9.41. The zero-order valence-electron chi connectivity index (χ0n) is 6.01. The molecule has 5 nitrogen and oxygen atoms in total. The first kappa shape index (κ1) is 6.75. The highest BCUT2D eigenvalue weighted by atomic mass is 16.3. The van der Waals surface area contributed by atoms with Crippen LogP contribution in [0, 0.1) is 0 Å². The number of aliphatic hydroxyl groups is 1. The van der Waals surface area contributed by atoms with Crippen LogP contribution in [0.1, 0.15) is 6.04 Å². The Morgan fingerprint density at radius 1 is 1.55 bits per heavy atom. The molecule has 0 bridgehead atoms. The molecule has 1 saturated heterocycles. The van der Waals surface area contributed by atoms with Crippen LogP contribution in [-0.2, 0) is 0 Å². The molecule has 1 aromatic heterocycles.